The van der Waals surface area contributed by atoms with Gasteiger partial charge in [-0.3, -0.25) is 14.9 Å². The molecule has 1 fully saturated rings. The highest BCUT2D eigenvalue weighted by Gasteiger charge is 2.30. The molecule has 1 atom stereocenters. The van der Waals surface area contributed by atoms with Gasteiger partial charge in [-0.15, -0.1) is 11.3 Å². The number of hydrogen-bond acceptors (Lipinski definition) is 6. The number of nitro groups is 1. The smallest absolute Gasteiger partial charge is 0.292 e. The minimum atomic E-state index is -0.419. The molecule has 2 heterocycles. The summed E-state index contributed by atoms with van der Waals surface area (Å²) in [6.45, 7) is 1.08. The van der Waals surface area contributed by atoms with Gasteiger partial charge in [-0.1, -0.05) is 24.3 Å². The molecule has 150 valence electrons. The van der Waals surface area contributed by atoms with Gasteiger partial charge in [-0.05, 0) is 37.5 Å². The molecule has 29 heavy (non-hydrogen) atoms. The quantitative estimate of drug-likeness (QED) is 0.467. The zero-order valence-corrected chi connectivity index (χ0v) is 16.7. The van der Waals surface area contributed by atoms with E-state index >= 15 is 0 Å². The molecule has 1 unspecified atom stereocenters. The third-order valence-electron chi connectivity index (χ3n) is 5.17. The molecule has 1 aliphatic heterocycles. The highest BCUT2D eigenvalue weighted by atomic mass is 32.1. The van der Waals surface area contributed by atoms with Crippen LogP contribution in [-0.2, 0) is 4.79 Å². The lowest BCUT2D eigenvalue weighted by Gasteiger charge is -2.34. The van der Waals surface area contributed by atoms with Crippen LogP contribution in [0.15, 0.2) is 48.5 Å². The van der Waals surface area contributed by atoms with E-state index in [1.807, 2.05) is 23.1 Å². The monoisotopic (exact) mass is 410 g/mol. The van der Waals surface area contributed by atoms with Crippen LogP contribution in [0.3, 0.4) is 0 Å². The number of hydrogen-bond donors (Lipinski definition) is 1. The molecule has 1 amide bonds. The molecule has 4 rings (SSSR count). The van der Waals surface area contributed by atoms with E-state index in [9.17, 15) is 14.9 Å². The van der Waals surface area contributed by atoms with Crippen molar-refractivity contribution in [1.82, 2.24) is 9.88 Å². The fourth-order valence-corrected chi connectivity index (χ4v) is 4.86. The fourth-order valence-electron chi connectivity index (χ4n) is 3.75. The van der Waals surface area contributed by atoms with Gasteiger partial charge in [-0.2, -0.15) is 0 Å². The SMILES string of the molecule is O=C(CCNc1ccccc1[N+](=O)[O-])N1CCCCC1c1nc2ccccc2s1. The first kappa shape index (κ1) is 19.3. The largest absolute Gasteiger partial charge is 0.379 e. The van der Waals surface area contributed by atoms with Crippen molar-refractivity contribution in [2.75, 3.05) is 18.4 Å². The molecular formula is C21H22N4O3S. The maximum absolute atomic E-state index is 12.9. The van der Waals surface area contributed by atoms with Crippen LogP contribution in [0.25, 0.3) is 10.2 Å². The zero-order chi connectivity index (χ0) is 20.2. The van der Waals surface area contributed by atoms with Crippen LogP contribution in [-0.4, -0.2) is 33.8 Å². The summed E-state index contributed by atoms with van der Waals surface area (Å²) < 4.78 is 1.14. The maximum Gasteiger partial charge on any atom is 0.292 e. The number of nitrogens with one attached hydrogen (secondary N) is 1. The first-order valence-electron chi connectivity index (χ1n) is 9.76. The van der Waals surface area contributed by atoms with Gasteiger partial charge in [0, 0.05) is 25.6 Å². The number of benzene rings is 2. The molecule has 0 radical (unpaired) electrons. The molecule has 8 heteroatoms. The number of fused-ring (bicyclic) bond motifs is 1. The van der Waals surface area contributed by atoms with Gasteiger partial charge in [0.15, 0.2) is 0 Å². The van der Waals surface area contributed by atoms with E-state index in [1.54, 1.807) is 29.5 Å². The van der Waals surface area contributed by atoms with E-state index in [-0.39, 0.29) is 24.1 Å². The number of amides is 1. The summed E-state index contributed by atoms with van der Waals surface area (Å²) in [4.78, 5) is 30.3. The number of carbonyl (C=O) groups is 1. The Morgan fingerprint density at radius 3 is 2.83 bits per heavy atom. The Balaban J connectivity index is 1.43. The molecule has 2 aromatic carbocycles. The number of likely N-dealkylation sites (tertiary alicyclic amines) is 1. The van der Waals surface area contributed by atoms with Crippen molar-refractivity contribution in [3.8, 4) is 0 Å². The summed E-state index contributed by atoms with van der Waals surface area (Å²) in [6, 6.07) is 14.5. The first-order valence-corrected chi connectivity index (χ1v) is 10.6. The number of piperidine rings is 1. The topological polar surface area (TPSA) is 88.4 Å². The minimum Gasteiger partial charge on any atom is -0.379 e. The van der Waals surface area contributed by atoms with Crippen LogP contribution in [0.4, 0.5) is 11.4 Å². The first-order chi connectivity index (χ1) is 14.1. The number of aromatic nitrogens is 1. The molecule has 0 saturated carbocycles. The third-order valence-corrected chi connectivity index (χ3v) is 6.31. The second kappa shape index (κ2) is 8.57. The highest BCUT2D eigenvalue weighted by Crippen LogP contribution is 2.36. The van der Waals surface area contributed by atoms with Gasteiger partial charge in [-0.25, -0.2) is 4.98 Å². The summed E-state index contributed by atoms with van der Waals surface area (Å²) in [6.07, 6.45) is 3.28. The molecule has 0 aliphatic carbocycles. The summed E-state index contributed by atoms with van der Waals surface area (Å²) in [5.74, 6) is 0.0556. The second-order valence-corrected chi connectivity index (χ2v) is 8.13. The van der Waals surface area contributed by atoms with Gasteiger partial charge in [0.1, 0.15) is 10.7 Å². The molecule has 1 saturated heterocycles. The number of carbonyl (C=O) groups excluding carboxylic acids is 1. The molecule has 1 aromatic heterocycles. The summed E-state index contributed by atoms with van der Waals surface area (Å²) in [5.41, 5.74) is 1.43. The van der Waals surface area contributed by atoms with Gasteiger partial charge in [0.05, 0.1) is 21.2 Å². The van der Waals surface area contributed by atoms with E-state index < -0.39 is 4.92 Å². The van der Waals surface area contributed by atoms with E-state index in [1.165, 1.54) is 6.07 Å². The lowest BCUT2D eigenvalue weighted by atomic mass is 10.0. The van der Waals surface area contributed by atoms with Crippen molar-refractivity contribution >= 4 is 38.8 Å². The van der Waals surface area contributed by atoms with Gasteiger partial charge in [0.2, 0.25) is 5.91 Å². The molecule has 0 spiro atoms. The molecule has 0 bridgehead atoms. The molecule has 3 aromatic rings. The van der Waals surface area contributed by atoms with Gasteiger partial charge >= 0.3 is 0 Å². The van der Waals surface area contributed by atoms with Gasteiger partial charge in [0.25, 0.3) is 5.69 Å². The number of nitro benzene ring substituents is 1. The summed E-state index contributed by atoms with van der Waals surface area (Å²) >= 11 is 1.66. The summed E-state index contributed by atoms with van der Waals surface area (Å²) in [5, 5.41) is 15.2. The Hall–Kier alpha value is -3.00. The number of rotatable bonds is 6. The van der Waals surface area contributed by atoms with Crippen LogP contribution < -0.4 is 5.32 Å². The fraction of sp³-hybridized carbons (Fsp3) is 0.333. The molecular weight excluding hydrogens is 388 g/mol. The van der Waals surface area contributed by atoms with Crippen LogP contribution in [0.5, 0.6) is 0 Å². The van der Waals surface area contributed by atoms with Crippen molar-refractivity contribution < 1.29 is 9.72 Å². The van der Waals surface area contributed by atoms with Crippen LogP contribution in [0.2, 0.25) is 0 Å². The lowest BCUT2D eigenvalue weighted by Crippen LogP contribution is -2.39. The highest BCUT2D eigenvalue weighted by molar-refractivity contribution is 7.18. The minimum absolute atomic E-state index is 0.0136. The Labute approximate surface area is 172 Å². The third kappa shape index (κ3) is 4.22. The van der Waals surface area contributed by atoms with Crippen LogP contribution in [0.1, 0.15) is 36.7 Å². The second-order valence-electron chi connectivity index (χ2n) is 7.07. The summed E-state index contributed by atoms with van der Waals surface area (Å²) in [7, 11) is 0. The van der Waals surface area contributed by atoms with Crippen molar-refractivity contribution in [3.63, 3.8) is 0 Å². The van der Waals surface area contributed by atoms with E-state index in [4.69, 9.17) is 4.98 Å². The Morgan fingerprint density at radius 1 is 1.21 bits per heavy atom. The molecule has 1 N–H and O–H groups in total. The Morgan fingerprint density at radius 2 is 2.00 bits per heavy atom. The number of nitrogens with zero attached hydrogens (tertiary/aromatic N) is 3. The van der Waals surface area contributed by atoms with Crippen LogP contribution >= 0.6 is 11.3 Å². The van der Waals surface area contributed by atoms with E-state index in [2.05, 4.69) is 11.4 Å². The number of thiazole rings is 1. The number of anilines is 1. The Kier molecular flexibility index (Phi) is 5.71. The standard InChI is InChI=1S/C21H22N4O3S/c26-20(12-13-22-15-7-1-3-9-17(15)25(27)28)24-14-6-5-10-18(24)21-23-16-8-2-4-11-19(16)29-21/h1-4,7-9,11,18,22H,5-6,10,12-14H2. The Bertz CT molecular complexity index is 1000. The van der Waals surface area contributed by atoms with E-state index in [0.29, 0.717) is 12.2 Å². The van der Waals surface area contributed by atoms with Crippen molar-refractivity contribution in [2.24, 2.45) is 0 Å². The average molecular weight is 410 g/mol. The predicted octanol–water partition coefficient (Wildman–Crippen LogP) is 4.76. The maximum atomic E-state index is 12.9. The van der Waals surface area contributed by atoms with E-state index in [0.717, 1.165) is 41.0 Å². The van der Waals surface area contributed by atoms with Crippen molar-refractivity contribution in [3.05, 3.63) is 63.7 Å². The van der Waals surface area contributed by atoms with Crippen molar-refractivity contribution in [2.45, 2.75) is 31.7 Å². The van der Waals surface area contributed by atoms with Crippen molar-refractivity contribution in [1.29, 1.82) is 0 Å². The predicted molar refractivity (Wildman–Crippen MR) is 114 cm³/mol. The molecule has 1 aliphatic rings. The zero-order valence-electron chi connectivity index (χ0n) is 15.9. The van der Waals surface area contributed by atoms with Gasteiger partial charge < -0.3 is 10.2 Å². The number of para-hydroxylation sites is 3. The lowest BCUT2D eigenvalue weighted by molar-refractivity contribution is -0.384. The van der Waals surface area contributed by atoms with Crippen LogP contribution in [0, 0.1) is 10.1 Å². The normalized spacial score (nSPS) is 16.7. The average Bonchev–Trinajstić information content (AvgIpc) is 3.18. The molecule has 7 nitrogen and oxygen atoms in total.